The molecule has 0 N–H and O–H groups in total. The van der Waals surface area contributed by atoms with Crippen molar-refractivity contribution in [1.82, 2.24) is 9.88 Å². The Morgan fingerprint density at radius 1 is 1.45 bits per heavy atom. The van der Waals surface area contributed by atoms with E-state index in [0.717, 1.165) is 10.4 Å². The van der Waals surface area contributed by atoms with E-state index in [1.807, 2.05) is 0 Å². The summed E-state index contributed by atoms with van der Waals surface area (Å²) in [5, 5.41) is 0. The molecule has 0 bridgehead atoms. The maximum Gasteiger partial charge on any atom is 0.434 e. The molecule has 9 heteroatoms. The lowest BCUT2D eigenvalue weighted by Gasteiger charge is -2.16. The smallest absolute Gasteiger partial charge is 0.434 e. The number of ether oxygens (including phenoxy) is 1. The molecule has 1 heterocycles. The zero-order chi connectivity index (χ0) is 15.3. The minimum absolute atomic E-state index is 0.0210. The maximum atomic E-state index is 12.6. The van der Waals surface area contributed by atoms with Gasteiger partial charge in [-0.1, -0.05) is 0 Å². The zero-order valence-electron chi connectivity index (χ0n) is 10.9. The van der Waals surface area contributed by atoms with Crippen LogP contribution < -0.4 is 0 Å². The van der Waals surface area contributed by atoms with E-state index < -0.39 is 28.6 Å². The first kappa shape index (κ1) is 16.4. The van der Waals surface area contributed by atoms with Crippen LogP contribution >= 0.6 is 11.3 Å². The summed E-state index contributed by atoms with van der Waals surface area (Å²) in [6.45, 7) is 1.83. The summed E-state index contributed by atoms with van der Waals surface area (Å²) in [6, 6.07) is 0. The summed E-state index contributed by atoms with van der Waals surface area (Å²) in [5.41, 5.74) is -0.231. The normalized spacial score (nSPS) is 11.2. The molecule has 1 amide bonds. The van der Waals surface area contributed by atoms with Crippen molar-refractivity contribution in [3.63, 3.8) is 0 Å². The van der Waals surface area contributed by atoms with E-state index in [2.05, 4.69) is 9.72 Å². The van der Waals surface area contributed by atoms with Gasteiger partial charge in [-0.05, 0) is 6.92 Å². The molecule has 0 atom stereocenters. The molecule has 0 aliphatic rings. The van der Waals surface area contributed by atoms with Gasteiger partial charge >= 0.3 is 12.1 Å². The highest BCUT2D eigenvalue weighted by Crippen LogP contribution is 2.33. The van der Waals surface area contributed by atoms with E-state index in [9.17, 15) is 22.8 Å². The molecule has 0 spiro atoms. The Labute approximate surface area is 117 Å². The van der Waals surface area contributed by atoms with Gasteiger partial charge in [-0.15, -0.1) is 11.3 Å². The minimum Gasteiger partial charge on any atom is -0.466 e. The van der Waals surface area contributed by atoms with Crippen LogP contribution in [0, 0.1) is 0 Å². The molecule has 0 unspecified atom stereocenters. The molecule has 0 aliphatic heterocycles. The second kappa shape index (κ2) is 6.69. The molecular formula is C11H13F3N2O3S. The van der Waals surface area contributed by atoms with E-state index in [1.165, 1.54) is 7.05 Å². The van der Waals surface area contributed by atoms with Gasteiger partial charge in [-0.3, -0.25) is 9.59 Å². The van der Waals surface area contributed by atoms with Crippen molar-refractivity contribution in [3.8, 4) is 0 Å². The van der Waals surface area contributed by atoms with Crippen LogP contribution in [0.4, 0.5) is 13.2 Å². The third-order valence-corrected chi connectivity index (χ3v) is 3.15. The molecule has 0 aliphatic carbocycles. The number of amides is 1. The van der Waals surface area contributed by atoms with E-state index >= 15 is 0 Å². The second-order valence-corrected chi connectivity index (χ2v) is 4.66. The van der Waals surface area contributed by atoms with Crippen LogP contribution in [0.5, 0.6) is 0 Å². The number of aromatic nitrogens is 1. The molecule has 1 aromatic rings. The van der Waals surface area contributed by atoms with Crippen molar-refractivity contribution in [2.75, 3.05) is 20.2 Å². The third kappa shape index (κ3) is 4.19. The monoisotopic (exact) mass is 310 g/mol. The van der Waals surface area contributed by atoms with E-state index in [-0.39, 0.29) is 19.6 Å². The summed E-state index contributed by atoms with van der Waals surface area (Å²) in [5.74, 6) is -1.32. The van der Waals surface area contributed by atoms with Gasteiger partial charge in [0.1, 0.15) is 4.88 Å². The molecule has 1 aromatic heterocycles. The third-order valence-electron chi connectivity index (χ3n) is 2.33. The van der Waals surface area contributed by atoms with Gasteiger partial charge in [-0.2, -0.15) is 13.2 Å². The Hall–Kier alpha value is -1.64. The molecule has 0 saturated carbocycles. The van der Waals surface area contributed by atoms with Crippen molar-refractivity contribution in [2.45, 2.75) is 19.5 Å². The average Bonchev–Trinajstić information content (AvgIpc) is 2.84. The van der Waals surface area contributed by atoms with Gasteiger partial charge < -0.3 is 9.64 Å². The first-order chi connectivity index (χ1) is 9.27. The Morgan fingerprint density at radius 2 is 2.10 bits per heavy atom. The van der Waals surface area contributed by atoms with Gasteiger partial charge in [-0.25, -0.2) is 4.98 Å². The van der Waals surface area contributed by atoms with Gasteiger partial charge in [0, 0.05) is 13.6 Å². The number of nitrogens with zero attached hydrogens (tertiary/aromatic N) is 2. The second-order valence-electron chi connectivity index (χ2n) is 3.81. The van der Waals surface area contributed by atoms with Crippen LogP contribution in [0.3, 0.4) is 0 Å². The molecule has 1 rings (SSSR count). The lowest BCUT2D eigenvalue weighted by atomic mass is 10.3. The first-order valence-corrected chi connectivity index (χ1v) is 6.57. The Balaban J connectivity index is 2.71. The van der Waals surface area contributed by atoms with Crippen LogP contribution in [0.25, 0.3) is 0 Å². The predicted octanol–water partition coefficient (Wildman–Crippen LogP) is 2.19. The van der Waals surface area contributed by atoms with Gasteiger partial charge in [0.2, 0.25) is 0 Å². The Bertz CT molecular complexity index is 488. The molecule has 0 aromatic carbocycles. The Morgan fingerprint density at radius 3 is 2.65 bits per heavy atom. The highest BCUT2D eigenvalue weighted by molar-refractivity contribution is 7.11. The van der Waals surface area contributed by atoms with Gasteiger partial charge in [0.05, 0.1) is 18.5 Å². The fraction of sp³-hybridized carbons (Fsp3) is 0.545. The van der Waals surface area contributed by atoms with Gasteiger partial charge in [0.15, 0.2) is 5.69 Å². The molecule has 5 nitrogen and oxygen atoms in total. The summed E-state index contributed by atoms with van der Waals surface area (Å²) >= 11 is 0.619. The van der Waals surface area contributed by atoms with Crippen LogP contribution in [-0.2, 0) is 15.7 Å². The fourth-order valence-electron chi connectivity index (χ4n) is 1.37. The first-order valence-electron chi connectivity index (χ1n) is 5.69. The standard InChI is InChI=1S/C11H13F3N2O3S/c1-3-19-7(17)4-5-16(2)10(18)8-9(11(12,13)14)15-6-20-8/h6H,3-5H2,1-2H3. The number of thiazole rings is 1. The largest absolute Gasteiger partial charge is 0.466 e. The van der Waals surface area contributed by atoms with Crippen molar-refractivity contribution < 1.29 is 27.5 Å². The lowest BCUT2D eigenvalue weighted by molar-refractivity contribution is -0.143. The molecule has 0 fully saturated rings. The lowest BCUT2D eigenvalue weighted by Crippen LogP contribution is -2.30. The highest BCUT2D eigenvalue weighted by atomic mass is 32.1. The molecular weight excluding hydrogens is 297 g/mol. The number of hydrogen-bond acceptors (Lipinski definition) is 5. The van der Waals surface area contributed by atoms with Crippen LogP contribution in [0.15, 0.2) is 5.51 Å². The zero-order valence-corrected chi connectivity index (χ0v) is 11.7. The van der Waals surface area contributed by atoms with E-state index in [0.29, 0.717) is 11.3 Å². The topological polar surface area (TPSA) is 59.5 Å². The number of carbonyl (C=O) groups is 2. The maximum absolute atomic E-state index is 12.6. The predicted molar refractivity (Wildman–Crippen MR) is 65.3 cm³/mol. The summed E-state index contributed by atoms with van der Waals surface area (Å²) in [4.78, 5) is 26.7. The molecule has 0 radical (unpaired) electrons. The number of esters is 1. The van der Waals surface area contributed by atoms with E-state index in [1.54, 1.807) is 6.92 Å². The number of hydrogen-bond donors (Lipinski definition) is 0. The van der Waals surface area contributed by atoms with Gasteiger partial charge in [0.25, 0.3) is 5.91 Å². The summed E-state index contributed by atoms with van der Waals surface area (Å²) in [7, 11) is 1.32. The SMILES string of the molecule is CCOC(=O)CCN(C)C(=O)c1scnc1C(F)(F)F. The summed E-state index contributed by atoms with van der Waals surface area (Å²) in [6.07, 6.45) is -4.75. The molecule has 20 heavy (non-hydrogen) atoms. The number of carbonyl (C=O) groups excluding carboxylic acids is 2. The molecule has 0 saturated heterocycles. The quantitative estimate of drug-likeness (QED) is 0.782. The summed E-state index contributed by atoms with van der Waals surface area (Å²) < 4.78 is 42.5. The Kier molecular flexibility index (Phi) is 5.49. The fourth-order valence-corrected chi connectivity index (χ4v) is 2.17. The average molecular weight is 310 g/mol. The van der Waals surface area contributed by atoms with Crippen molar-refractivity contribution >= 4 is 23.2 Å². The minimum atomic E-state index is -4.67. The highest BCUT2D eigenvalue weighted by Gasteiger charge is 2.39. The van der Waals surface area contributed by atoms with Crippen LogP contribution in [0.2, 0.25) is 0 Å². The number of halogens is 3. The number of alkyl halides is 3. The van der Waals surface area contributed by atoms with Crippen LogP contribution in [-0.4, -0.2) is 42.0 Å². The number of rotatable bonds is 5. The van der Waals surface area contributed by atoms with Crippen molar-refractivity contribution in [2.24, 2.45) is 0 Å². The van der Waals surface area contributed by atoms with E-state index in [4.69, 9.17) is 0 Å². The van der Waals surface area contributed by atoms with Crippen molar-refractivity contribution in [1.29, 1.82) is 0 Å². The van der Waals surface area contributed by atoms with Crippen LogP contribution in [0.1, 0.15) is 28.7 Å². The van der Waals surface area contributed by atoms with Crippen molar-refractivity contribution in [3.05, 3.63) is 16.1 Å². The molecule has 112 valence electrons.